The van der Waals surface area contributed by atoms with Gasteiger partial charge in [0, 0.05) is 11.3 Å². The van der Waals surface area contributed by atoms with Crippen LogP contribution in [0.3, 0.4) is 0 Å². The molecule has 0 radical (unpaired) electrons. The molecule has 2 bridgehead atoms. The molecule has 24 heavy (non-hydrogen) atoms. The smallest absolute Gasteiger partial charge is 0.307 e. The number of carbonyl (C=O) groups is 3. The quantitative estimate of drug-likeness (QED) is 0.658. The number of carboxylic acid groups (broad SMARTS) is 1. The number of Topliss-reactive ketones (excluding diaryl/α,β-unsaturated/α-hetero) is 1. The van der Waals surface area contributed by atoms with Crippen LogP contribution in [-0.4, -0.2) is 22.8 Å². The number of rotatable bonds is 4. The molecule has 1 amide bonds. The zero-order valence-electron chi connectivity index (χ0n) is 13.3. The highest BCUT2D eigenvalue weighted by Crippen LogP contribution is 2.63. The molecule has 0 heterocycles. The van der Waals surface area contributed by atoms with E-state index in [0.29, 0.717) is 23.1 Å². The molecule has 0 spiro atoms. The van der Waals surface area contributed by atoms with Crippen molar-refractivity contribution in [1.29, 1.82) is 0 Å². The van der Waals surface area contributed by atoms with Crippen molar-refractivity contribution in [3.8, 4) is 0 Å². The molecule has 4 aliphatic rings. The molecule has 2 saturated carbocycles. The lowest BCUT2D eigenvalue weighted by atomic mass is 9.62. The fraction of sp³-hybridized carbons (Fsp3) is 0.421. The number of carbonyl (C=O) groups excluding carboxylic acids is 2. The van der Waals surface area contributed by atoms with Gasteiger partial charge in [0.05, 0.1) is 11.8 Å². The summed E-state index contributed by atoms with van der Waals surface area (Å²) in [7, 11) is 0. The summed E-state index contributed by atoms with van der Waals surface area (Å²) in [6.07, 6.45) is 5.08. The molecular formula is C19H19NO4. The number of carboxylic acids is 1. The third-order valence-electron chi connectivity index (χ3n) is 5.80. The van der Waals surface area contributed by atoms with Crippen LogP contribution in [-0.2, 0) is 9.59 Å². The predicted octanol–water partition coefficient (Wildman–Crippen LogP) is 2.60. The summed E-state index contributed by atoms with van der Waals surface area (Å²) in [5.41, 5.74) is 1.17. The first-order valence-electron chi connectivity index (χ1n) is 8.30. The molecule has 2 fully saturated rings. The molecule has 5 nitrogen and oxygen atoms in total. The van der Waals surface area contributed by atoms with E-state index in [2.05, 4.69) is 5.32 Å². The second-order valence-electron chi connectivity index (χ2n) is 7.12. The van der Waals surface area contributed by atoms with Gasteiger partial charge in [0.25, 0.3) is 0 Å². The van der Waals surface area contributed by atoms with E-state index >= 15 is 0 Å². The van der Waals surface area contributed by atoms with E-state index in [9.17, 15) is 19.5 Å². The zero-order chi connectivity index (χ0) is 17.0. The number of anilines is 1. The van der Waals surface area contributed by atoms with Gasteiger partial charge in [-0.25, -0.2) is 0 Å². The van der Waals surface area contributed by atoms with Crippen LogP contribution < -0.4 is 5.32 Å². The number of amides is 1. The van der Waals surface area contributed by atoms with Crippen molar-refractivity contribution in [2.75, 3.05) is 5.32 Å². The maximum atomic E-state index is 12.8. The first-order valence-corrected chi connectivity index (χ1v) is 8.30. The molecule has 0 saturated heterocycles. The van der Waals surface area contributed by atoms with Crippen molar-refractivity contribution in [2.24, 2.45) is 35.5 Å². The first kappa shape index (κ1) is 15.1. The van der Waals surface area contributed by atoms with Gasteiger partial charge in [-0.05, 0) is 61.3 Å². The van der Waals surface area contributed by atoms with Gasteiger partial charge in [-0.3, -0.25) is 14.4 Å². The molecule has 2 N–H and O–H groups in total. The number of hydrogen-bond acceptors (Lipinski definition) is 3. The molecule has 0 unspecified atom stereocenters. The average Bonchev–Trinajstić information content (AvgIpc) is 3.36. The number of fused-ring (bicyclic) bond motifs is 1. The van der Waals surface area contributed by atoms with Gasteiger partial charge in [-0.2, -0.15) is 0 Å². The van der Waals surface area contributed by atoms with Gasteiger partial charge < -0.3 is 10.4 Å². The van der Waals surface area contributed by atoms with Crippen LogP contribution in [0.15, 0.2) is 36.4 Å². The lowest BCUT2D eigenvalue weighted by molar-refractivity contribution is -0.152. The highest BCUT2D eigenvalue weighted by atomic mass is 16.4. The standard InChI is InChI=1S/C19H19NO4/c1-9(21)10-2-4-11(5-3-10)20-18(22)16-12-6-7-13(15-8-14(12)15)17(16)19(23)24/h2-7,12-17H,8H2,1H3,(H,20,22)(H,23,24)/t12-,13-,14+,15-,16+,17+/m0/s1. The Kier molecular flexibility index (Phi) is 3.34. The summed E-state index contributed by atoms with van der Waals surface area (Å²) in [6.45, 7) is 1.49. The van der Waals surface area contributed by atoms with E-state index in [1.807, 2.05) is 12.2 Å². The number of hydrogen-bond donors (Lipinski definition) is 2. The van der Waals surface area contributed by atoms with Gasteiger partial charge in [-0.1, -0.05) is 12.2 Å². The zero-order valence-corrected chi connectivity index (χ0v) is 13.3. The van der Waals surface area contributed by atoms with E-state index in [0.717, 1.165) is 6.42 Å². The molecule has 124 valence electrons. The van der Waals surface area contributed by atoms with Gasteiger partial charge in [0.15, 0.2) is 5.78 Å². The lowest BCUT2D eigenvalue weighted by Crippen LogP contribution is -2.48. The highest BCUT2D eigenvalue weighted by molar-refractivity contribution is 5.97. The summed E-state index contributed by atoms with van der Waals surface area (Å²) in [4.78, 5) is 35.8. The minimum absolute atomic E-state index is 0.0201. The Balaban J connectivity index is 1.56. The van der Waals surface area contributed by atoms with Crippen LogP contribution in [0.1, 0.15) is 23.7 Å². The Hall–Kier alpha value is -2.43. The minimum Gasteiger partial charge on any atom is -0.481 e. The molecule has 6 atom stereocenters. The van der Waals surface area contributed by atoms with E-state index in [1.54, 1.807) is 24.3 Å². The molecule has 1 aromatic carbocycles. The maximum Gasteiger partial charge on any atom is 0.307 e. The lowest BCUT2D eigenvalue weighted by Gasteiger charge is -2.41. The topological polar surface area (TPSA) is 83.5 Å². The summed E-state index contributed by atoms with van der Waals surface area (Å²) < 4.78 is 0. The van der Waals surface area contributed by atoms with E-state index in [-0.39, 0.29) is 23.5 Å². The van der Waals surface area contributed by atoms with Crippen LogP contribution >= 0.6 is 0 Å². The summed E-state index contributed by atoms with van der Waals surface area (Å²) in [5, 5.41) is 12.5. The normalized spacial score (nSPS) is 35.2. The maximum absolute atomic E-state index is 12.8. The number of nitrogens with one attached hydrogen (secondary N) is 1. The number of allylic oxidation sites excluding steroid dienone is 2. The molecule has 5 heteroatoms. The predicted molar refractivity (Wildman–Crippen MR) is 87.4 cm³/mol. The Bertz CT molecular complexity index is 751. The molecule has 4 aliphatic carbocycles. The van der Waals surface area contributed by atoms with Gasteiger partial charge >= 0.3 is 5.97 Å². The van der Waals surface area contributed by atoms with E-state index in [1.165, 1.54) is 6.92 Å². The van der Waals surface area contributed by atoms with Crippen LogP contribution in [0.2, 0.25) is 0 Å². The first-order chi connectivity index (χ1) is 11.5. The Labute approximate surface area is 139 Å². The fourth-order valence-corrected chi connectivity index (χ4v) is 4.58. The SMILES string of the molecule is CC(=O)c1ccc(NC(=O)[C@@H]2[C@H]3C=C[C@@H]([C@@H]4C[C@H]34)[C@H]2C(=O)O)cc1. The monoisotopic (exact) mass is 325 g/mol. The van der Waals surface area contributed by atoms with E-state index in [4.69, 9.17) is 0 Å². The van der Waals surface area contributed by atoms with Crippen molar-refractivity contribution in [1.82, 2.24) is 0 Å². The van der Waals surface area contributed by atoms with Crippen molar-refractivity contribution in [3.05, 3.63) is 42.0 Å². The van der Waals surface area contributed by atoms with Crippen molar-refractivity contribution >= 4 is 23.3 Å². The molecule has 1 aromatic rings. The van der Waals surface area contributed by atoms with Crippen LogP contribution in [0.5, 0.6) is 0 Å². The molecular weight excluding hydrogens is 306 g/mol. The van der Waals surface area contributed by atoms with Crippen LogP contribution in [0, 0.1) is 35.5 Å². The minimum atomic E-state index is -0.883. The number of benzene rings is 1. The third-order valence-corrected chi connectivity index (χ3v) is 5.80. The highest BCUT2D eigenvalue weighted by Gasteiger charge is 2.62. The Morgan fingerprint density at radius 1 is 1.00 bits per heavy atom. The Morgan fingerprint density at radius 3 is 2.12 bits per heavy atom. The van der Waals surface area contributed by atoms with Crippen LogP contribution in [0.25, 0.3) is 0 Å². The van der Waals surface area contributed by atoms with Gasteiger partial charge in [0.2, 0.25) is 5.91 Å². The second-order valence-corrected chi connectivity index (χ2v) is 7.12. The third kappa shape index (κ3) is 2.27. The average molecular weight is 325 g/mol. The summed E-state index contributed by atoms with van der Waals surface area (Å²) in [5.74, 6) is -1.39. The van der Waals surface area contributed by atoms with Crippen LogP contribution in [0.4, 0.5) is 5.69 Å². The van der Waals surface area contributed by atoms with Crippen molar-refractivity contribution < 1.29 is 19.5 Å². The summed E-state index contributed by atoms with van der Waals surface area (Å²) >= 11 is 0. The van der Waals surface area contributed by atoms with Crippen molar-refractivity contribution in [3.63, 3.8) is 0 Å². The summed E-state index contributed by atoms with van der Waals surface area (Å²) in [6, 6.07) is 6.69. The molecule has 0 aliphatic heterocycles. The van der Waals surface area contributed by atoms with Crippen molar-refractivity contribution in [2.45, 2.75) is 13.3 Å². The molecule has 5 rings (SSSR count). The Morgan fingerprint density at radius 2 is 1.58 bits per heavy atom. The van der Waals surface area contributed by atoms with Gasteiger partial charge in [-0.15, -0.1) is 0 Å². The number of ketones is 1. The van der Waals surface area contributed by atoms with Gasteiger partial charge in [0.1, 0.15) is 0 Å². The second kappa shape index (κ2) is 5.30. The number of aliphatic carboxylic acids is 1. The fourth-order valence-electron chi connectivity index (χ4n) is 4.58. The largest absolute Gasteiger partial charge is 0.481 e. The molecule has 0 aromatic heterocycles. The van der Waals surface area contributed by atoms with E-state index < -0.39 is 17.8 Å².